The highest BCUT2D eigenvalue weighted by atomic mass is 16.3. The van der Waals surface area contributed by atoms with E-state index in [2.05, 4.69) is 10.6 Å². The van der Waals surface area contributed by atoms with Gasteiger partial charge in [0.2, 0.25) is 11.8 Å². The van der Waals surface area contributed by atoms with Crippen LogP contribution in [-0.4, -0.2) is 29.6 Å². The van der Waals surface area contributed by atoms with Crippen molar-refractivity contribution in [2.45, 2.75) is 26.5 Å². The van der Waals surface area contributed by atoms with Gasteiger partial charge in [-0.05, 0) is 11.5 Å². The van der Waals surface area contributed by atoms with Gasteiger partial charge in [-0.1, -0.05) is 44.2 Å². The molecule has 0 saturated carbocycles. The summed E-state index contributed by atoms with van der Waals surface area (Å²) >= 11 is 0. The predicted molar refractivity (Wildman–Crippen MR) is 72.1 cm³/mol. The van der Waals surface area contributed by atoms with Crippen molar-refractivity contribution in [3.8, 4) is 0 Å². The highest BCUT2D eigenvalue weighted by molar-refractivity contribution is 5.86. The van der Waals surface area contributed by atoms with Gasteiger partial charge in [0.25, 0.3) is 0 Å². The summed E-state index contributed by atoms with van der Waals surface area (Å²) in [5.74, 6) is -0.981. The van der Waals surface area contributed by atoms with Crippen LogP contribution in [0.2, 0.25) is 0 Å². The van der Waals surface area contributed by atoms with Gasteiger partial charge in [0.05, 0.1) is 6.54 Å². The average Bonchev–Trinajstić information content (AvgIpc) is 2.42. The molecule has 0 aromatic heterocycles. The van der Waals surface area contributed by atoms with Gasteiger partial charge in [-0.15, -0.1) is 0 Å². The number of rotatable bonds is 6. The summed E-state index contributed by atoms with van der Waals surface area (Å²) < 4.78 is 0. The lowest BCUT2D eigenvalue weighted by molar-refractivity contribution is -0.133. The lowest BCUT2D eigenvalue weighted by Gasteiger charge is -2.14. The summed E-state index contributed by atoms with van der Waals surface area (Å²) in [5.41, 5.74) is 0.990. The largest absolute Gasteiger partial charge is 0.383 e. The standard InChI is InChI=1S/C14H20N2O3/c1-10(2)13(18)14(19)16-9-12(17)15-8-11-6-4-3-5-7-11/h3-7,10,13,18H,8-9H2,1-2H3,(H,15,17)(H,16,19)/t13-/m1/s1. The van der Waals surface area contributed by atoms with E-state index in [1.807, 2.05) is 30.3 Å². The Morgan fingerprint density at radius 1 is 1.16 bits per heavy atom. The van der Waals surface area contributed by atoms with Gasteiger partial charge in [-0.2, -0.15) is 0 Å². The quantitative estimate of drug-likeness (QED) is 0.697. The highest BCUT2D eigenvalue weighted by Gasteiger charge is 2.18. The van der Waals surface area contributed by atoms with Crippen LogP contribution in [0.3, 0.4) is 0 Å². The topological polar surface area (TPSA) is 78.4 Å². The lowest BCUT2D eigenvalue weighted by atomic mass is 10.1. The fraction of sp³-hybridized carbons (Fsp3) is 0.429. The molecule has 1 atom stereocenters. The summed E-state index contributed by atoms with van der Waals surface area (Å²) in [6.45, 7) is 3.76. The number of nitrogens with one attached hydrogen (secondary N) is 2. The molecular weight excluding hydrogens is 244 g/mol. The molecule has 0 aliphatic carbocycles. The summed E-state index contributed by atoms with van der Waals surface area (Å²) in [6, 6.07) is 9.49. The molecule has 5 nitrogen and oxygen atoms in total. The Bertz CT molecular complexity index is 418. The molecule has 2 amide bonds. The maximum Gasteiger partial charge on any atom is 0.249 e. The zero-order chi connectivity index (χ0) is 14.3. The molecule has 0 saturated heterocycles. The fourth-order valence-corrected chi connectivity index (χ4v) is 1.43. The Balaban J connectivity index is 2.27. The van der Waals surface area contributed by atoms with Gasteiger partial charge in [0.15, 0.2) is 0 Å². The fourth-order valence-electron chi connectivity index (χ4n) is 1.43. The smallest absolute Gasteiger partial charge is 0.249 e. The Morgan fingerprint density at radius 3 is 2.37 bits per heavy atom. The molecule has 0 bridgehead atoms. The molecule has 1 aromatic rings. The minimum absolute atomic E-state index is 0.130. The molecule has 0 unspecified atom stereocenters. The van der Waals surface area contributed by atoms with Crippen LogP contribution in [0, 0.1) is 5.92 Å². The number of hydrogen-bond acceptors (Lipinski definition) is 3. The van der Waals surface area contributed by atoms with Crippen LogP contribution in [0.1, 0.15) is 19.4 Å². The van der Waals surface area contributed by atoms with Gasteiger partial charge in [-0.25, -0.2) is 0 Å². The minimum Gasteiger partial charge on any atom is -0.383 e. The van der Waals surface area contributed by atoms with Crippen LogP contribution in [0.5, 0.6) is 0 Å². The van der Waals surface area contributed by atoms with Crippen LogP contribution < -0.4 is 10.6 Å². The van der Waals surface area contributed by atoms with Gasteiger partial charge >= 0.3 is 0 Å². The van der Waals surface area contributed by atoms with E-state index in [0.717, 1.165) is 5.56 Å². The van der Waals surface area contributed by atoms with Gasteiger partial charge < -0.3 is 15.7 Å². The van der Waals surface area contributed by atoms with Crippen molar-refractivity contribution in [2.75, 3.05) is 6.54 Å². The third-order valence-corrected chi connectivity index (χ3v) is 2.66. The van der Waals surface area contributed by atoms with Crippen molar-refractivity contribution in [3.05, 3.63) is 35.9 Å². The molecule has 104 valence electrons. The Morgan fingerprint density at radius 2 is 1.79 bits per heavy atom. The molecule has 3 N–H and O–H groups in total. The number of carbonyl (C=O) groups is 2. The van der Waals surface area contributed by atoms with E-state index in [0.29, 0.717) is 6.54 Å². The molecule has 0 fully saturated rings. The molecule has 1 aromatic carbocycles. The minimum atomic E-state index is -1.08. The SMILES string of the molecule is CC(C)[C@@H](O)C(=O)NCC(=O)NCc1ccccc1. The number of hydrogen-bond donors (Lipinski definition) is 3. The zero-order valence-electron chi connectivity index (χ0n) is 11.2. The normalized spacial score (nSPS) is 12.0. The van der Waals surface area contributed by atoms with Gasteiger partial charge in [0, 0.05) is 6.54 Å². The Kier molecular flexibility index (Phi) is 6.02. The number of carbonyl (C=O) groups excluding carboxylic acids is 2. The maximum absolute atomic E-state index is 11.5. The maximum atomic E-state index is 11.5. The molecule has 0 heterocycles. The summed E-state index contributed by atoms with van der Waals surface area (Å²) in [6.07, 6.45) is -1.08. The molecule has 0 aliphatic heterocycles. The van der Waals surface area contributed by atoms with Gasteiger partial charge in [0.1, 0.15) is 6.10 Å². The third kappa shape index (κ3) is 5.52. The number of benzene rings is 1. The van der Waals surface area contributed by atoms with E-state index in [4.69, 9.17) is 0 Å². The van der Waals surface area contributed by atoms with Crippen LogP contribution in [-0.2, 0) is 16.1 Å². The monoisotopic (exact) mass is 264 g/mol. The first kappa shape index (κ1) is 15.2. The summed E-state index contributed by atoms with van der Waals surface area (Å²) in [7, 11) is 0. The third-order valence-electron chi connectivity index (χ3n) is 2.66. The van der Waals surface area contributed by atoms with Crippen molar-refractivity contribution >= 4 is 11.8 Å². The van der Waals surface area contributed by atoms with Gasteiger partial charge in [-0.3, -0.25) is 9.59 Å². The van der Waals surface area contributed by atoms with Crippen LogP contribution in [0.25, 0.3) is 0 Å². The molecule has 0 spiro atoms. The molecule has 0 aliphatic rings. The van der Waals surface area contributed by atoms with Crippen molar-refractivity contribution in [2.24, 2.45) is 5.92 Å². The van der Waals surface area contributed by atoms with E-state index in [9.17, 15) is 14.7 Å². The van der Waals surface area contributed by atoms with E-state index in [1.165, 1.54) is 0 Å². The first-order valence-electron chi connectivity index (χ1n) is 6.27. The zero-order valence-corrected chi connectivity index (χ0v) is 11.2. The summed E-state index contributed by atoms with van der Waals surface area (Å²) in [4.78, 5) is 22.9. The molecule has 19 heavy (non-hydrogen) atoms. The first-order valence-corrected chi connectivity index (χ1v) is 6.27. The molecule has 5 heteroatoms. The number of aliphatic hydroxyl groups excluding tert-OH is 1. The van der Waals surface area contributed by atoms with Crippen LogP contribution in [0.4, 0.5) is 0 Å². The lowest BCUT2D eigenvalue weighted by Crippen LogP contribution is -2.43. The van der Waals surface area contributed by atoms with Crippen molar-refractivity contribution in [3.63, 3.8) is 0 Å². The van der Waals surface area contributed by atoms with E-state index < -0.39 is 12.0 Å². The first-order chi connectivity index (χ1) is 9.00. The predicted octanol–water partition coefficient (Wildman–Crippen LogP) is 0.436. The molecule has 1 rings (SSSR count). The second kappa shape index (κ2) is 7.53. The van der Waals surface area contributed by atoms with Crippen molar-refractivity contribution in [1.29, 1.82) is 0 Å². The van der Waals surface area contributed by atoms with Crippen LogP contribution in [0.15, 0.2) is 30.3 Å². The second-order valence-corrected chi connectivity index (χ2v) is 4.67. The second-order valence-electron chi connectivity index (χ2n) is 4.67. The molecule has 0 radical (unpaired) electrons. The van der Waals surface area contributed by atoms with E-state index in [-0.39, 0.29) is 18.4 Å². The number of amides is 2. The Hall–Kier alpha value is -1.88. The average molecular weight is 264 g/mol. The highest BCUT2D eigenvalue weighted by Crippen LogP contribution is 2.00. The van der Waals surface area contributed by atoms with E-state index >= 15 is 0 Å². The summed E-state index contributed by atoms with van der Waals surface area (Å²) in [5, 5.41) is 14.6. The van der Waals surface area contributed by atoms with Crippen LogP contribution >= 0.6 is 0 Å². The van der Waals surface area contributed by atoms with Crippen molar-refractivity contribution in [1.82, 2.24) is 10.6 Å². The number of aliphatic hydroxyl groups is 1. The van der Waals surface area contributed by atoms with Crippen molar-refractivity contribution < 1.29 is 14.7 Å². The molecular formula is C14H20N2O3. The van der Waals surface area contributed by atoms with E-state index in [1.54, 1.807) is 13.8 Å². The Labute approximate surface area is 113 Å².